The maximum atomic E-state index is 12.6. The normalized spacial score (nSPS) is 11.3. The van der Waals surface area contributed by atoms with Crippen molar-refractivity contribution < 1.29 is 19.1 Å². The molecule has 136 valence electrons. The molecule has 0 aliphatic carbocycles. The van der Waals surface area contributed by atoms with Crippen molar-refractivity contribution in [2.24, 2.45) is 0 Å². The molecule has 0 aromatic heterocycles. The van der Waals surface area contributed by atoms with Crippen LogP contribution in [0.5, 0.6) is 0 Å². The highest BCUT2D eigenvalue weighted by Crippen LogP contribution is 2.09. The third-order valence-electron chi connectivity index (χ3n) is 3.70. The van der Waals surface area contributed by atoms with Gasteiger partial charge in [-0.2, -0.15) is 0 Å². The number of alkyl carbamates (subject to hydrolysis) is 1. The largest absolute Gasteiger partial charge is 0.491 e. The molecular weight excluding hydrogens is 330 g/mol. The summed E-state index contributed by atoms with van der Waals surface area (Å²) in [5, 5.41) is 2.62. The van der Waals surface area contributed by atoms with Crippen LogP contribution in [0.1, 0.15) is 18.1 Å². The number of hydrogen-bond donors (Lipinski definition) is 1. The van der Waals surface area contributed by atoms with Gasteiger partial charge < -0.3 is 14.8 Å². The van der Waals surface area contributed by atoms with E-state index in [2.05, 4.69) is 11.9 Å². The second kappa shape index (κ2) is 10.0. The summed E-state index contributed by atoms with van der Waals surface area (Å²) in [5.41, 5.74) is 1.78. The SMILES string of the molecule is C=C(OCC)C(=O)C(Cc1ccccc1)NC(=O)OCc1ccccc1. The molecule has 1 atom stereocenters. The van der Waals surface area contributed by atoms with Crippen molar-refractivity contribution in [3.8, 4) is 0 Å². The van der Waals surface area contributed by atoms with E-state index < -0.39 is 12.1 Å². The maximum Gasteiger partial charge on any atom is 0.408 e. The first-order valence-corrected chi connectivity index (χ1v) is 8.47. The quantitative estimate of drug-likeness (QED) is 0.552. The average molecular weight is 353 g/mol. The molecule has 2 aromatic carbocycles. The molecule has 1 N–H and O–H groups in total. The number of carbonyl (C=O) groups excluding carboxylic acids is 2. The Morgan fingerprint density at radius 1 is 0.962 bits per heavy atom. The molecule has 1 amide bonds. The third-order valence-corrected chi connectivity index (χ3v) is 3.70. The van der Waals surface area contributed by atoms with Gasteiger partial charge >= 0.3 is 6.09 Å². The fourth-order valence-corrected chi connectivity index (χ4v) is 2.41. The molecule has 2 aromatic rings. The summed E-state index contributed by atoms with van der Waals surface area (Å²) in [6, 6.07) is 18.0. The molecule has 5 heteroatoms. The van der Waals surface area contributed by atoms with Gasteiger partial charge in [0.15, 0.2) is 5.76 Å². The van der Waals surface area contributed by atoms with Gasteiger partial charge in [0.05, 0.1) is 6.61 Å². The second-order valence-corrected chi connectivity index (χ2v) is 5.67. The van der Waals surface area contributed by atoms with Crippen molar-refractivity contribution in [2.75, 3.05) is 6.61 Å². The Balaban J connectivity index is 2.01. The van der Waals surface area contributed by atoms with Gasteiger partial charge in [0.1, 0.15) is 12.6 Å². The second-order valence-electron chi connectivity index (χ2n) is 5.67. The number of ether oxygens (including phenoxy) is 2. The zero-order valence-corrected chi connectivity index (χ0v) is 14.8. The smallest absolute Gasteiger partial charge is 0.408 e. The van der Waals surface area contributed by atoms with Crippen LogP contribution >= 0.6 is 0 Å². The summed E-state index contributed by atoms with van der Waals surface area (Å²) in [6.07, 6.45) is -0.334. The number of nitrogens with one attached hydrogen (secondary N) is 1. The van der Waals surface area contributed by atoms with Crippen LogP contribution in [0.2, 0.25) is 0 Å². The van der Waals surface area contributed by atoms with Crippen LogP contribution in [0, 0.1) is 0 Å². The highest BCUT2D eigenvalue weighted by Gasteiger charge is 2.25. The van der Waals surface area contributed by atoms with Crippen LogP contribution in [0.25, 0.3) is 0 Å². The lowest BCUT2D eigenvalue weighted by Gasteiger charge is -2.19. The average Bonchev–Trinajstić information content (AvgIpc) is 2.67. The van der Waals surface area contributed by atoms with Gasteiger partial charge in [-0.3, -0.25) is 4.79 Å². The fraction of sp³-hybridized carbons (Fsp3) is 0.238. The zero-order valence-electron chi connectivity index (χ0n) is 14.8. The third kappa shape index (κ3) is 6.09. The van der Waals surface area contributed by atoms with Gasteiger partial charge in [-0.1, -0.05) is 67.2 Å². The Labute approximate surface area is 153 Å². The van der Waals surface area contributed by atoms with Crippen molar-refractivity contribution in [2.45, 2.75) is 26.0 Å². The van der Waals surface area contributed by atoms with E-state index in [0.29, 0.717) is 13.0 Å². The number of carbonyl (C=O) groups is 2. The number of ketones is 1. The van der Waals surface area contributed by atoms with E-state index in [1.807, 2.05) is 60.7 Å². The molecular formula is C21H23NO4. The van der Waals surface area contributed by atoms with E-state index in [1.165, 1.54) is 0 Å². The van der Waals surface area contributed by atoms with E-state index in [9.17, 15) is 9.59 Å². The Morgan fingerprint density at radius 3 is 2.12 bits per heavy atom. The summed E-state index contributed by atoms with van der Waals surface area (Å²) in [4.78, 5) is 24.7. The summed E-state index contributed by atoms with van der Waals surface area (Å²) in [5.74, 6) is -0.343. The van der Waals surface area contributed by atoms with Crippen molar-refractivity contribution in [3.63, 3.8) is 0 Å². The van der Waals surface area contributed by atoms with Gasteiger partial charge in [-0.05, 0) is 18.1 Å². The minimum atomic E-state index is -0.806. The topological polar surface area (TPSA) is 64.6 Å². The van der Waals surface area contributed by atoms with Crippen LogP contribution in [-0.2, 0) is 27.3 Å². The molecule has 0 radical (unpaired) electrons. The van der Waals surface area contributed by atoms with Crippen molar-refractivity contribution >= 4 is 11.9 Å². The predicted molar refractivity (Wildman–Crippen MR) is 99.5 cm³/mol. The molecule has 0 heterocycles. The van der Waals surface area contributed by atoms with E-state index in [-0.39, 0.29) is 18.1 Å². The molecule has 0 aliphatic heterocycles. The Hall–Kier alpha value is -3.08. The molecule has 0 saturated heterocycles. The van der Waals surface area contributed by atoms with Crippen LogP contribution in [-0.4, -0.2) is 24.5 Å². The Bertz CT molecular complexity index is 728. The lowest BCUT2D eigenvalue weighted by atomic mass is 10.0. The van der Waals surface area contributed by atoms with Gasteiger partial charge in [0, 0.05) is 6.42 Å². The number of rotatable bonds is 9. The van der Waals surface area contributed by atoms with Crippen LogP contribution < -0.4 is 5.32 Å². The fourth-order valence-electron chi connectivity index (χ4n) is 2.41. The number of Topliss-reactive ketones (excluding diaryl/α,β-unsaturated/α-hetero) is 1. The highest BCUT2D eigenvalue weighted by atomic mass is 16.5. The van der Waals surface area contributed by atoms with Gasteiger partial charge in [-0.25, -0.2) is 4.79 Å². The Morgan fingerprint density at radius 2 is 1.54 bits per heavy atom. The van der Waals surface area contributed by atoms with Crippen LogP contribution in [0.4, 0.5) is 4.79 Å². The predicted octanol–water partition coefficient (Wildman–Crippen LogP) is 3.64. The number of amides is 1. The number of hydrogen-bond acceptors (Lipinski definition) is 4. The molecule has 0 bridgehead atoms. The van der Waals surface area contributed by atoms with Crippen molar-refractivity contribution in [1.29, 1.82) is 0 Å². The molecule has 0 saturated carbocycles. The molecule has 1 unspecified atom stereocenters. The molecule has 26 heavy (non-hydrogen) atoms. The number of benzene rings is 2. The zero-order chi connectivity index (χ0) is 18.8. The minimum absolute atomic E-state index is 0.0248. The Kier molecular flexibility index (Phi) is 7.43. The summed E-state index contributed by atoms with van der Waals surface area (Å²) in [7, 11) is 0. The van der Waals surface area contributed by atoms with Crippen molar-refractivity contribution in [3.05, 3.63) is 84.1 Å². The first-order valence-electron chi connectivity index (χ1n) is 8.47. The molecule has 5 nitrogen and oxygen atoms in total. The van der Waals surface area contributed by atoms with Gasteiger partial charge in [0.25, 0.3) is 0 Å². The summed E-state index contributed by atoms with van der Waals surface area (Å²) >= 11 is 0. The van der Waals surface area contributed by atoms with E-state index >= 15 is 0 Å². The monoisotopic (exact) mass is 353 g/mol. The molecule has 0 fully saturated rings. The minimum Gasteiger partial charge on any atom is -0.491 e. The maximum absolute atomic E-state index is 12.6. The molecule has 0 spiro atoms. The van der Waals surface area contributed by atoms with E-state index in [0.717, 1.165) is 11.1 Å². The highest BCUT2D eigenvalue weighted by molar-refractivity contribution is 5.99. The first-order chi connectivity index (χ1) is 12.6. The standard InChI is InChI=1S/C21H23NO4/c1-3-25-16(2)20(23)19(14-17-10-6-4-7-11-17)22-21(24)26-15-18-12-8-5-9-13-18/h4-13,19H,2-3,14-15H2,1H3,(H,22,24). The first kappa shape index (κ1) is 19.2. The van der Waals surface area contributed by atoms with Crippen molar-refractivity contribution in [1.82, 2.24) is 5.32 Å². The summed E-state index contributed by atoms with van der Waals surface area (Å²) < 4.78 is 10.4. The molecule has 2 rings (SSSR count). The summed E-state index contributed by atoms with van der Waals surface area (Å²) in [6.45, 7) is 5.88. The lowest BCUT2D eigenvalue weighted by molar-refractivity contribution is -0.120. The van der Waals surface area contributed by atoms with E-state index in [1.54, 1.807) is 6.92 Å². The van der Waals surface area contributed by atoms with Crippen LogP contribution in [0.3, 0.4) is 0 Å². The lowest BCUT2D eigenvalue weighted by Crippen LogP contribution is -2.43. The van der Waals surface area contributed by atoms with Crippen LogP contribution in [0.15, 0.2) is 73.0 Å². The molecule has 0 aliphatic rings. The van der Waals surface area contributed by atoms with Gasteiger partial charge in [0.2, 0.25) is 5.78 Å². The van der Waals surface area contributed by atoms with E-state index in [4.69, 9.17) is 9.47 Å². The van der Waals surface area contributed by atoms with Gasteiger partial charge in [-0.15, -0.1) is 0 Å².